The van der Waals surface area contributed by atoms with E-state index in [1.54, 1.807) is 20.8 Å². The van der Waals surface area contributed by atoms with Gasteiger partial charge < -0.3 is 24.3 Å². The molecule has 0 aromatic rings. The van der Waals surface area contributed by atoms with Crippen molar-refractivity contribution in [3.05, 3.63) is 0 Å². The number of hydrogen-bond acceptors (Lipinski definition) is 6. The molecular weight excluding hydrogens is 252 g/mol. The van der Waals surface area contributed by atoms with Crippen LogP contribution in [-0.4, -0.2) is 42.1 Å². The summed E-state index contributed by atoms with van der Waals surface area (Å²) in [6, 6.07) is -0.510. The first-order valence-electron chi connectivity index (χ1n) is 6.25. The summed E-state index contributed by atoms with van der Waals surface area (Å²) in [7, 11) is 0. The summed E-state index contributed by atoms with van der Waals surface area (Å²) in [5.41, 5.74) is -0.648. The Morgan fingerprint density at radius 2 is 1.84 bits per heavy atom. The molecule has 0 aromatic carbocycles. The number of nitrogens with zero attached hydrogens (tertiary/aromatic N) is 2. The second-order valence-corrected chi connectivity index (χ2v) is 4.80. The van der Waals surface area contributed by atoms with E-state index < -0.39 is 24.1 Å². The summed E-state index contributed by atoms with van der Waals surface area (Å²) in [5.74, 6) is 0. The van der Waals surface area contributed by atoms with Crippen LogP contribution in [0.2, 0.25) is 0 Å². The van der Waals surface area contributed by atoms with Gasteiger partial charge in [-0.2, -0.15) is 0 Å². The fourth-order valence-corrected chi connectivity index (χ4v) is 1.10. The van der Waals surface area contributed by atoms with E-state index in [1.807, 2.05) is 13.8 Å². The highest BCUT2D eigenvalue weighted by Crippen LogP contribution is 2.09. The lowest BCUT2D eigenvalue weighted by atomic mass is 10.2. The van der Waals surface area contributed by atoms with Gasteiger partial charge >= 0.3 is 6.16 Å². The van der Waals surface area contributed by atoms with Crippen LogP contribution in [0.4, 0.5) is 4.79 Å². The number of carbonyl (C=O) groups excluding carboxylic acids is 1. The van der Waals surface area contributed by atoms with Crippen molar-refractivity contribution in [2.75, 3.05) is 13.1 Å². The summed E-state index contributed by atoms with van der Waals surface area (Å²) in [5, 5.41) is 14.9. The van der Waals surface area contributed by atoms with Crippen molar-refractivity contribution < 1.29 is 24.2 Å². The largest absolute Gasteiger partial charge is 0.844 e. The molecule has 1 atom stereocenters. The van der Waals surface area contributed by atoms with Gasteiger partial charge in [-0.3, -0.25) is 0 Å². The van der Waals surface area contributed by atoms with Gasteiger partial charge in [0.05, 0.1) is 6.02 Å². The highest BCUT2D eigenvalue weighted by molar-refractivity contribution is 5.68. The fraction of sp³-hybridized carbons (Fsp3) is 0.833. The first kappa shape index (κ1) is 17.3. The van der Waals surface area contributed by atoms with E-state index in [-0.39, 0.29) is 0 Å². The Kier molecular flexibility index (Phi) is 7.03. The van der Waals surface area contributed by atoms with Crippen LogP contribution >= 0.6 is 0 Å². The van der Waals surface area contributed by atoms with Crippen LogP contribution in [-0.2, 0) is 14.3 Å². The van der Waals surface area contributed by atoms with Crippen molar-refractivity contribution in [1.82, 2.24) is 4.90 Å². The average molecular weight is 275 g/mol. The number of rotatable bonds is 5. The van der Waals surface area contributed by atoms with Gasteiger partial charge in [0.15, 0.2) is 0 Å². The first-order valence-corrected chi connectivity index (χ1v) is 6.25. The second kappa shape index (κ2) is 7.70. The Labute approximate surface area is 114 Å². The average Bonchev–Trinajstić information content (AvgIpc) is 2.25. The minimum atomic E-state index is -0.991. The molecule has 0 fully saturated rings. The highest BCUT2D eigenvalue weighted by atomic mass is 16.8. The maximum absolute atomic E-state index is 11.5. The maximum Gasteiger partial charge on any atom is 0.511 e. The molecule has 0 radical (unpaired) electrons. The Bertz CT molecular complexity index is 308. The Morgan fingerprint density at radius 1 is 1.32 bits per heavy atom. The Hall–Kier alpha value is -1.66. The number of ether oxygens (including phenoxy) is 2. The molecule has 0 amide bonds. The maximum atomic E-state index is 11.5. The molecule has 0 N–H and O–H groups in total. The van der Waals surface area contributed by atoms with Crippen molar-refractivity contribution in [1.29, 1.82) is 0 Å². The molecule has 112 valence electrons. The van der Waals surface area contributed by atoms with Gasteiger partial charge in [-0.05, 0) is 34.6 Å². The minimum Gasteiger partial charge on any atom is -0.844 e. The monoisotopic (exact) mass is 275 g/mol. The standard InChI is InChI=1S/C12H24N2O5/c1-7-14(8-2)10(15)13-19-9(3)17-11(16)18-12(4,5)6/h9H,7-8H2,1-6H3,(H,13,15)/p-1. The van der Waals surface area contributed by atoms with Crippen molar-refractivity contribution in [2.45, 2.75) is 53.4 Å². The molecule has 0 aliphatic rings. The zero-order chi connectivity index (χ0) is 15.1. The Morgan fingerprint density at radius 3 is 2.26 bits per heavy atom. The molecule has 0 aliphatic carbocycles. The summed E-state index contributed by atoms with van der Waals surface area (Å²) in [6.07, 6.45) is -1.86. The molecule has 7 nitrogen and oxygen atoms in total. The van der Waals surface area contributed by atoms with E-state index in [4.69, 9.17) is 14.3 Å². The van der Waals surface area contributed by atoms with E-state index in [0.717, 1.165) is 0 Å². The van der Waals surface area contributed by atoms with Gasteiger partial charge in [0, 0.05) is 20.0 Å². The van der Waals surface area contributed by atoms with Crippen molar-refractivity contribution >= 4 is 12.2 Å². The molecule has 0 spiro atoms. The van der Waals surface area contributed by atoms with Crippen LogP contribution in [0.25, 0.3) is 0 Å². The minimum absolute atomic E-state index is 0.510. The zero-order valence-corrected chi connectivity index (χ0v) is 12.4. The third kappa shape index (κ3) is 8.12. The highest BCUT2D eigenvalue weighted by Gasteiger charge is 2.19. The van der Waals surface area contributed by atoms with Gasteiger partial charge in [0.1, 0.15) is 5.60 Å². The molecular formula is C12H23N2O5-. The first-order chi connectivity index (χ1) is 8.69. The molecule has 7 heteroatoms. The van der Waals surface area contributed by atoms with E-state index >= 15 is 0 Å². The van der Waals surface area contributed by atoms with Gasteiger partial charge in [0.25, 0.3) is 6.29 Å². The van der Waals surface area contributed by atoms with Crippen LogP contribution in [0.3, 0.4) is 0 Å². The number of oxime groups is 1. The van der Waals surface area contributed by atoms with Gasteiger partial charge in [0.2, 0.25) is 0 Å². The third-order valence-electron chi connectivity index (χ3n) is 1.96. The molecule has 19 heavy (non-hydrogen) atoms. The Balaban J connectivity index is 4.21. The summed E-state index contributed by atoms with van der Waals surface area (Å²) >= 11 is 0. The van der Waals surface area contributed by atoms with Gasteiger partial charge in [-0.1, -0.05) is 5.16 Å². The van der Waals surface area contributed by atoms with Crippen molar-refractivity contribution in [3.63, 3.8) is 0 Å². The molecule has 0 aromatic heterocycles. The summed E-state index contributed by atoms with van der Waals surface area (Å²) in [6.45, 7) is 11.3. The zero-order valence-electron chi connectivity index (χ0n) is 12.4. The van der Waals surface area contributed by atoms with E-state index in [2.05, 4.69) is 5.16 Å². The predicted molar refractivity (Wildman–Crippen MR) is 68.2 cm³/mol. The predicted octanol–water partition coefficient (Wildman–Crippen LogP) is 1.27. The third-order valence-corrected chi connectivity index (χ3v) is 1.96. The lowest BCUT2D eigenvalue weighted by Crippen LogP contribution is -2.40. The SMILES string of the molecule is CCN(CC)/C([O-])=N/OC(C)OC(=O)OC(C)(C)C. The van der Waals surface area contributed by atoms with Crippen molar-refractivity contribution in [2.24, 2.45) is 5.16 Å². The van der Waals surface area contributed by atoms with Crippen molar-refractivity contribution in [3.8, 4) is 0 Å². The van der Waals surface area contributed by atoms with E-state index in [9.17, 15) is 9.90 Å². The smallest absolute Gasteiger partial charge is 0.511 e. The normalized spacial score (nSPS) is 13.7. The molecule has 0 saturated heterocycles. The summed E-state index contributed by atoms with van der Waals surface area (Å²) in [4.78, 5) is 17.6. The van der Waals surface area contributed by atoms with Gasteiger partial charge in [-0.15, -0.1) is 0 Å². The van der Waals surface area contributed by atoms with Crippen LogP contribution in [0.15, 0.2) is 5.16 Å². The van der Waals surface area contributed by atoms with Crippen LogP contribution in [0, 0.1) is 0 Å². The number of hydrogen-bond donors (Lipinski definition) is 0. The van der Waals surface area contributed by atoms with Crippen LogP contribution < -0.4 is 5.11 Å². The topological polar surface area (TPSA) is 83.4 Å². The van der Waals surface area contributed by atoms with Gasteiger partial charge in [-0.25, -0.2) is 4.79 Å². The number of amidine groups is 1. The lowest BCUT2D eigenvalue weighted by Gasteiger charge is -2.26. The molecule has 0 aliphatic heterocycles. The van der Waals surface area contributed by atoms with E-state index in [0.29, 0.717) is 13.1 Å². The van der Waals surface area contributed by atoms with Crippen LogP contribution in [0.5, 0.6) is 0 Å². The van der Waals surface area contributed by atoms with Crippen LogP contribution in [0.1, 0.15) is 41.5 Å². The van der Waals surface area contributed by atoms with E-state index in [1.165, 1.54) is 11.8 Å². The molecule has 0 heterocycles. The molecule has 1 unspecified atom stereocenters. The lowest BCUT2D eigenvalue weighted by molar-refractivity contribution is -0.244. The fourth-order valence-electron chi connectivity index (χ4n) is 1.10. The quantitative estimate of drug-likeness (QED) is 0.247. The summed E-state index contributed by atoms with van der Waals surface area (Å²) < 4.78 is 9.70. The number of carbonyl (C=O) groups is 1. The molecule has 0 saturated carbocycles. The molecule has 0 bridgehead atoms. The molecule has 0 rings (SSSR count). The second-order valence-electron chi connectivity index (χ2n) is 4.80.